The first-order valence-electron chi connectivity index (χ1n) is 7.15. The fourth-order valence-corrected chi connectivity index (χ4v) is 2.79. The Morgan fingerprint density at radius 2 is 2.16 bits per heavy atom. The van der Waals surface area contributed by atoms with E-state index < -0.39 is 5.97 Å². The van der Waals surface area contributed by atoms with Gasteiger partial charge in [-0.1, -0.05) is 19.8 Å². The summed E-state index contributed by atoms with van der Waals surface area (Å²) in [5.74, 6) is 0.527. The zero-order valence-electron chi connectivity index (χ0n) is 11.7. The van der Waals surface area contributed by atoms with E-state index in [1.165, 1.54) is 38.2 Å². The maximum absolute atomic E-state index is 10.8. The first-order valence-corrected chi connectivity index (χ1v) is 7.15. The highest BCUT2D eigenvalue weighted by Gasteiger charge is 2.20. The Kier molecular flexibility index (Phi) is 4.64. The second kappa shape index (κ2) is 6.24. The Morgan fingerprint density at radius 3 is 2.84 bits per heavy atom. The average molecular weight is 265 g/mol. The minimum absolute atomic E-state index is 0.0122. The minimum atomic E-state index is -1.01. The third-order valence-electron chi connectivity index (χ3n) is 4.01. The molecule has 106 valence electrons. The molecule has 4 nitrogen and oxygen atoms in total. The van der Waals surface area contributed by atoms with Crippen LogP contribution >= 0.6 is 0 Å². The predicted molar refractivity (Wildman–Crippen MR) is 73.3 cm³/mol. The number of carbonyl (C=O) groups is 1. The molecule has 0 radical (unpaired) electrons. The van der Waals surface area contributed by atoms with Crippen molar-refractivity contribution in [1.82, 2.24) is 5.32 Å². The van der Waals surface area contributed by atoms with Crippen LogP contribution in [0.2, 0.25) is 0 Å². The summed E-state index contributed by atoms with van der Waals surface area (Å²) in [6.45, 7) is 4.34. The van der Waals surface area contributed by atoms with Crippen molar-refractivity contribution < 1.29 is 14.3 Å². The lowest BCUT2D eigenvalue weighted by Gasteiger charge is -2.20. The van der Waals surface area contributed by atoms with E-state index in [0.29, 0.717) is 11.8 Å². The third kappa shape index (κ3) is 3.83. The average Bonchev–Trinajstić information content (AvgIpc) is 2.77. The topological polar surface area (TPSA) is 62.5 Å². The van der Waals surface area contributed by atoms with Gasteiger partial charge in [0.05, 0.1) is 6.04 Å². The van der Waals surface area contributed by atoms with Crippen LogP contribution in [-0.2, 0) is 0 Å². The summed E-state index contributed by atoms with van der Waals surface area (Å²) < 4.78 is 5.34. The van der Waals surface area contributed by atoms with E-state index in [0.717, 1.165) is 5.92 Å². The van der Waals surface area contributed by atoms with Crippen LogP contribution in [0, 0.1) is 5.92 Å². The fraction of sp³-hybridized carbons (Fsp3) is 0.667. The first kappa shape index (κ1) is 14.1. The maximum Gasteiger partial charge on any atom is 0.371 e. The molecule has 1 fully saturated rings. The third-order valence-corrected chi connectivity index (χ3v) is 4.01. The number of hydrogen-bond donors (Lipinski definition) is 2. The van der Waals surface area contributed by atoms with Crippen LogP contribution in [0.5, 0.6) is 0 Å². The Labute approximate surface area is 114 Å². The van der Waals surface area contributed by atoms with Crippen molar-refractivity contribution in [1.29, 1.82) is 0 Å². The van der Waals surface area contributed by atoms with Crippen molar-refractivity contribution in [2.75, 3.05) is 0 Å². The molecule has 3 unspecified atom stereocenters. The summed E-state index contributed by atoms with van der Waals surface area (Å²) in [7, 11) is 0. The van der Waals surface area contributed by atoms with Gasteiger partial charge in [-0.2, -0.15) is 0 Å². The molecule has 2 rings (SSSR count). The van der Waals surface area contributed by atoms with Crippen molar-refractivity contribution in [2.24, 2.45) is 5.92 Å². The maximum atomic E-state index is 10.8. The zero-order valence-corrected chi connectivity index (χ0v) is 11.7. The normalized spacial score (nSPS) is 25.8. The Morgan fingerprint density at radius 1 is 1.37 bits per heavy atom. The van der Waals surface area contributed by atoms with Gasteiger partial charge in [-0.3, -0.25) is 0 Å². The first-order chi connectivity index (χ1) is 9.06. The Hall–Kier alpha value is -1.29. The monoisotopic (exact) mass is 265 g/mol. The smallest absolute Gasteiger partial charge is 0.371 e. The standard InChI is InChI=1S/C15H23NO3/c1-10-4-3-5-12(7-6-10)16-11(2)13-8-9-14(19-13)15(17)18/h8-12,16H,3-7H2,1-2H3,(H,17,18). The molecule has 1 aromatic rings. The van der Waals surface area contributed by atoms with E-state index in [9.17, 15) is 4.79 Å². The summed E-state index contributed by atoms with van der Waals surface area (Å²) in [5.41, 5.74) is 0. The van der Waals surface area contributed by atoms with E-state index in [-0.39, 0.29) is 11.8 Å². The summed E-state index contributed by atoms with van der Waals surface area (Å²) in [6.07, 6.45) is 6.24. The molecule has 0 aliphatic heterocycles. The molecule has 0 spiro atoms. The molecule has 1 saturated carbocycles. The number of carboxylic acids is 1. The van der Waals surface area contributed by atoms with Gasteiger partial charge in [0.2, 0.25) is 5.76 Å². The van der Waals surface area contributed by atoms with E-state index in [1.807, 2.05) is 6.92 Å². The summed E-state index contributed by atoms with van der Waals surface area (Å²) in [4.78, 5) is 10.8. The number of hydrogen-bond acceptors (Lipinski definition) is 3. The highest BCUT2D eigenvalue weighted by molar-refractivity contribution is 5.84. The lowest BCUT2D eigenvalue weighted by atomic mass is 10.0. The summed E-state index contributed by atoms with van der Waals surface area (Å²) in [6, 6.07) is 3.84. The van der Waals surface area contributed by atoms with Crippen molar-refractivity contribution in [3.8, 4) is 0 Å². The van der Waals surface area contributed by atoms with Gasteiger partial charge in [0.25, 0.3) is 0 Å². The molecular formula is C15H23NO3. The molecule has 0 bridgehead atoms. The van der Waals surface area contributed by atoms with E-state index in [4.69, 9.17) is 9.52 Å². The number of furan rings is 1. The van der Waals surface area contributed by atoms with E-state index in [2.05, 4.69) is 12.2 Å². The largest absolute Gasteiger partial charge is 0.475 e. The Bertz CT molecular complexity index is 427. The molecule has 0 saturated heterocycles. The van der Waals surface area contributed by atoms with Crippen molar-refractivity contribution >= 4 is 5.97 Å². The van der Waals surface area contributed by atoms with Crippen molar-refractivity contribution in [2.45, 2.75) is 58.0 Å². The number of aromatic carboxylic acids is 1. The van der Waals surface area contributed by atoms with Crippen LogP contribution in [0.15, 0.2) is 16.5 Å². The SMILES string of the molecule is CC1CCCC(NC(C)c2ccc(C(=O)O)o2)CC1. The lowest BCUT2D eigenvalue weighted by molar-refractivity contribution is 0.0659. The van der Waals surface area contributed by atoms with Gasteiger partial charge in [0, 0.05) is 6.04 Å². The minimum Gasteiger partial charge on any atom is -0.475 e. The molecular weight excluding hydrogens is 242 g/mol. The highest BCUT2D eigenvalue weighted by Crippen LogP contribution is 2.25. The van der Waals surface area contributed by atoms with Gasteiger partial charge in [-0.15, -0.1) is 0 Å². The van der Waals surface area contributed by atoms with Gasteiger partial charge in [0.15, 0.2) is 0 Å². The van der Waals surface area contributed by atoms with E-state index in [1.54, 1.807) is 6.07 Å². The van der Waals surface area contributed by atoms with Crippen LogP contribution in [-0.4, -0.2) is 17.1 Å². The van der Waals surface area contributed by atoms with Crippen molar-refractivity contribution in [3.05, 3.63) is 23.7 Å². The second-order valence-corrected chi connectivity index (χ2v) is 5.71. The predicted octanol–water partition coefficient (Wildman–Crippen LogP) is 3.60. The molecule has 1 aliphatic carbocycles. The van der Waals surface area contributed by atoms with Crippen LogP contribution in [0.4, 0.5) is 0 Å². The molecule has 19 heavy (non-hydrogen) atoms. The van der Waals surface area contributed by atoms with Crippen LogP contribution in [0.3, 0.4) is 0 Å². The van der Waals surface area contributed by atoms with Gasteiger partial charge in [-0.25, -0.2) is 4.79 Å². The van der Waals surface area contributed by atoms with Crippen LogP contribution in [0.25, 0.3) is 0 Å². The van der Waals surface area contributed by atoms with Gasteiger partial charge >= 0.3 is 5.97 Å². The van der Waals surface area contributed by atoms with Gasteiger partial charge in [-0.05, 0) is 44.2 Å². The summed E-state index contributed by atoms with van der Waals surface area (Å²) >= 11 is 0. The molecule has 2 N–H and O–H groups in total. The number of carboxylic acid groups (broad SMARTS) is 1. The van der Waals surface area contributed by atoms with Crippen LogP contribution < -0.4 is 5.32 Å². The molecule has 0 amide bonds. The highest BCUT2D eigenvalue weighted by atomic mass is 16.4. The second-order valence-electron chi connectivity index (χ2n) is 5.71. The van der Waals surface area contributed by atoms with Crippen LogP contribution in [0.1, 0.15) is 68.3 Å². The number of rotatable bonds is 4. The van der Waals surface area contributed by atoms with Crippen molar-refractivity contribution in [3.63, 3.8) is 0 Å². The van der Waals surface area contributed by atoms with E-state index >= 15 is 0 Å². The lowest BCUT2D eigenvalue weighted by Crippen LogP contribution is -2.30. The molecule has 0 aromatic carbocycles. The molecule has 1 aromatic heterocycles. The molecule has 1 heterocycles. The Balaban J connectivity index is 1.92. The van der Waals surface area contributed by atoms with Gasteiger partial charge < -0.3 is 14.8 Å². The molecule has 1 aliphatic rings. The molecule has 4 heteroatoms. The fourth-order valence-electron chi connectivity index (χ4n) is 2.79. The number of nitrogens with one attached hydrogen (secondary N) is 1. The quantitative estimate of drug-likeness (QED) is 0.816. The summed E-state index contributed by atoms with van der Waals surface area (Å²) in [5, 5.41) is 12.4. The van der Waals surface area contributed by atoms with Gasteiger partial charge in [0.1, 0.15) is 5.76 Å². The molecule has 3 atom stereocenters. The zero-order chi connectivity index (χ0) is 13.8.